The van der Waals surface area contributed by atoms with Crippen LogP contribution < -0.4 is 0 Å². The third-order valence-corrected chi connectivity index (χ3v) is 2.85. The molecular formula is C10H9NO4S. The van der Waals surface area contributed by atoms with E-state index in [1.165, 1.54) is 24.3 Å². The Hall–Kier alpha value is -1.87. The first kappa shape index (κ1) is 12.2. The molecule has 0 spiro atoms. The first-order chi connectivity index (χ1) is 7.43. The van der Waals surface area contributed by atoms with Gasteiger partial charge in [-0.05, 0) is 17.7 Å². The summed E-state index contributed by atoms with van der Waals surface area (Å²) in [6.45, 7) is 1.02. The third-order valence-electron chi connectivity index (χ3n) is 1.67. The normalized spacial score (nSPS) is 10.5. The fourth-order valence-corrected chi connectivity index (χ4v) is 2.11. The van der Waals surface area contributed by atoms with Crippen molar-refractivity contribution in [1.82, 2.24) is 0 Å². The second-order valence-corrected chi connectivity index (χ2v) is 4.66. The van der Waals surface area contributed by atoms with Gasteiger partial charge in [-0.3, -0.25) is 4.79 Å². The number of hydrogen-bond acceptors (Lipinski definition) is 5. The second-order valence-electron chi connectivity index (χ2n) is 3.09. The van der Waals surface area contributed by atoms with Gasteiger partial charge < -0.3 is 4.18 Å². The molecule has 16 heavy (non-hydrogen) atoms. The third kappa shape index (κ3) is 3.71. The lowest BCUT2D eigenvalue weighted by molar-refractivity contribution is -0.131. The van der Waals surface area contributed by atoms with E-state index in [1.807, 2.05) is 6.07 Å². The van der Waals surface area contributed by atoms with Gasteiger partial charge in [0.15, 0.2) is 0 Å². The van der Waals surface area contributed by atoms with Gasteiger partial charge in [0.1, 0.15) is 5.75 Å². The fraction of sp³-hybridized carbons (Fsp3) is 0.200. The van der Waals surface area contributed by atoms with Gasteiger partial charge in [0, 0.05) is 6.92 Å². The van der Waals surface area contributed by atoms with Gasteiger partial charge in [-0.25, -0.2) is 0 Å². The molecular weight excluding hydrogens is 230 g/mol. The van der Waals surface area contributed by atoms with Gasteiger partial charge in [0.2, 0.25) is 0 Å². The summed E-state index contributed by atoms with van der Waals surface area (Å²) in [4.78, 5) is 10.5. The van der Waals surface area contributed by atoms with Crippen molar-refractivity contribution >= 4 is 16.1 Å². The molecule has 1 rings (SSSR count). The molecule has 84 valence electrons. The Morgan fingerprint density at radius 3 is 2.38 bits per heavy atom. The first-order valence-electron chi connectivity index (χ1n) is 4.35. The van der Waals surface area contributed by atoms with Gasteiger partial charge in [-0.2, -0.15) is 13.7 Å². The molecule has 1 aromatic carbocycles. The Labute approximate surface area is 93.4 Å². The topological polar surface area (TPSA) is 84.2 Å². The van der Waals surface area contributed by atoms with E-state index in [4.69, 9.17) is 5.26 Å². The van der Waals surface area contributed by atoms with Gasteiger partial charge in [-0.15, -0.1) is 0 Å². The predicted molar refractivity (Wildman–Crippen MR) is 55.5 cm³/mol. The van der Waals surface area contributed by atoms with Crippen LogP contribution in [0.1, 0.15) is 18.1 Å². The van der Waals surface area contributed by atoms with E-state index in [0.717, 1.165) is 6.92 Å². The first-order valence-corrected chi connectivity index (χ1v) is 5.92. The van der Waals surface area contributed by atoms with Crippen LogP contribution in [0.2, 0.25) is 0 Å². The summed E-state index contributed by atoms with van der Waals surface area (Å²) in [5.74, 6) is -1.26. The van der Waals surface area contributed by atoms with Gasteiger partial charge in [-0.1, -0.05) is 12.1 Å². The monoisotopic (exact) mass is 239 g/mol. The SMILES string of the molecule is CC(=O)OS(=O)(=O)Cc1ccc(C#N)cc1. The largest absolute Gasteiger partial charge is 0.346 e. The molecule has 0 fully saturated rings. The number of hydrogen-bond donors (Lipinski definition) is 0. The van der Waals surface area contributed by atoms with Crippen LogP contribution in [0.3, 0.4) is 0 Å². The fourth-order valence-electron chi connectivity index (χ4n) is 1.09. The zero-order chi connectivity index (χ0) is 12.2. The minimum Gasteiger partial charge on any atom is -0.346 e. The minimum absolute atomic E-state index is 0.391. The van der Waals surface area contributed by atoms with E-state index in [1.54, 1.807) is 0 Å². The summed E-state index contributed by atoms with van der Waals surface area (Å²) < 4.78 is 26.7. The lowest BCUT2D eigenvalue weighted by Crippen LogP contribution is -2.12. The molecule has 0 N–H and O–H groups in total. The zero-order valence-electron chi connectivity index (χ0n) is 8.50. The van der Waals surface area contributed by atoms with E-state index in [2.05, 4.69) is 4.18 Å². The molecule has 0 heterocycles. The number of nitrogens with zero attached hydrogens (tertiary/aromatic N) is 1. The van der Waals surface area contributed by atoms with Crippen molar-refractivity contribution in [1.29, 1.82) is 5.26 Å². The van der Waals surface area contributed by atoms with Crippen molar-refractivity contribution in [2.75, 3.05) is 0 Å². The van der Waals surface area contributed by atoms with E-state index >= 15 is 0 Å². The molecule has 0 saturated carbocycles. The number of benzene rings is 1. The van der Waals surface area contributed by atoms with Crippen LogP contribution in [-0.4, -0.2) is 14.4 Å². The van der Waals surface area contributed by atoms with Crippen LogP contribution in [0.5, 0.6) is 0 Å². The maximum atomic E-state index is 11.3. The molecule has 0 bridgehead atoms. The Morgan fingerprint density at radius 1 is 1.38 bits per heavy atom. The Balaban J connectivity index is 2.81. The number of rotatable bonds is 3. The highest BCUT2D eigenvalue weighted by molar-refractivity contribution is 7.86. The highest BCUT2D eigenvalue weighted by Gasteiger charge is 2.15. The Kier molecular flexibility index (Phi) is 3.64. The highest BCUT2D eigenvalue weighted by atomic mass is 32.2. The summed E-state index contributed by atoms with van der Waals surface area (Å²) in [6, 6.07) is 7.91. The molecule has 5 nitrogen and oxygen atoms in total. The van der Waals surface area contributed by atoms with Crippen LogP contribution in [-0.2, 0) is 24.8 Å². The van der Waals surface area contributed by atoms with E-state index in [9.17, 15) is 13.2 Å². The molecule has 0 unspecified atom stereocenters. The molecule has 0 saturated heterocycles. The summed E-state index contributed by atoms with van der Waals surface area (Å²) in [5, 5.41) is 8.54. The Morgan fingerprint density at radius 2 is 1.94 bits per heavy atom. The van der Waals surface area contributed by atoms with Crippen molar-refractivity contribution in [3.05, 3.63) is 35.4 Å². The smallest absolute Gasteiger partial charge is 0.319 e. The summed E-state index contributed by atoms with van der Waals surface area (Å²) in [5.41, 5.74) is 0.897. The summed E-state index contributed by atoms with van der Waals surface area (Å²) >= 11 is 0. The molecule has 0 aromatic heterocycles. The number of nitriles is 1. The molecule has 0 amide bonds. The van der Waals surface area contributed by atoms with Crippen molar-refractivity contribution in [3.63, 3.8) is 0 Å². The van der Waals surface area contributed by atoms with Crippen molar-refractivity contribution in [3.8, 4) is 6.07 Å². The highest BCUT2D eigenvalue weighted by Crippen LogP contribution is 2.09. The van der Waals surface area contributed by atoms with E-state index in [0.29, 0.717) is 11.1 Å². The van der Waals surface area contributed by atoms with Crippen LogP contribution in [0, 0.1) is 11.3 Å². The van der Waals surface area contributed by atoms with Crippen molar-refractivity contribution in [2.45, 2.75) is 12.7 Å². The molecule has 0 aliphatic heterocycles. The van der Waals surface area contributed by atoms with E-state index < -0.39 is 21.8 Å². The molecule has 0 aliphatic rings. The van der Waals surface area contributed by atoms with Crippen molar-refractivity contribution < 1.29 is 17.4 Å². The van der Waals surface area contributed by atoms with Crippen LogP contribution in [0.4, 0.5) is 0 Å². The summed E-state index contributed by atoms with van der Waals surface area (Å²) in [6.07, 6.45) is 0. The molecule has 0 atom stereocenters. The standard InChI is InChI=1S/C10H9NO4S/c1-8(12)15-16(13,14)7-10-4-2-9(6-11)3-5-10/h2-5H,7H2,1H3. The second kappa shape index (κ2) is 4.77. The van der Waals surface area contributed by atoms with Gasteiger partial charge >= 0.3 is 16.1 Å². The molecule has 0 radical (unpaired) electrons. The van der Waals surface area contributed by atoms with E-state index in [-0.39, 0.29) is 0 Å². The molecule has 1 aromatic rings. The quantitative estimate of drug-likeness (QED) is 0.733. The van der Waals surface area contributed by atoms with Crippen LogP contribution in [0.25, 0.3) is 0 Å². The minimum atomic E-state index is -3.89. The lowest BCUT2D eigenvalue weighted by atomic mass is 10.2. The zero-order valence-corrected chi connectivity index (χ0v) is 9.32. The van der Waals surface area contributed by atoms with Crippen LogP contribution >= 0.6 is 0 Å². The molecule has 6 heteroatoms. The average molecular weight is 239 g/mol. The van der Waals surface area contributed by atoms with Crippen molar-refractivity contribution in [2.24, 2.45) is 0 Å². The van der Waals surface area contributed by atoms with Gasteiger partial charge in [0.25, 0.3) is 0 Å². The average Bonchev–Trinajstić information content (AvgIpc) is 2.16. The Bertz CT molecular complexity index is 525. The summed E-state index contributed by atoms with van der Waals surface area (Å²) in [7, 11) is -3.89. The van der Waals surface area contributed by atoms with Crippen LogP contribution in [0.15, 0.2) is 24.3 Å². The van der Waals surface area contributed by atoms with Gasteiger partial charge in [0.05, 0.1) is 11.6 Å². The maximum Gasteiger partial charge on any atom is 0.319 e. The maximum absolute atomic E-state index is 11.3. The molecule has 0 aliphatic carbocycles. The lowest BCUT2D eigenvalue weighted by Gasteiger charge is -2.03. The number of carbonyl (C=O) groups excluding carboxylic acids is 1. The predicted octanol–water partition coefficient (Wildman–Crippen LogP) is 0.951. The number of carbonyl (C=O) groups is 1.